The van der Waals surface area contributed by atoms with Gasteiger partial charge in [0.2, 0.25) is 5.56 Å². The third-order valence-corrected chi connectivity index (χ3v) is 3.37. The van der Waals surface area contributed by atoms with Gasteiger partial charge in [-0.25, -0.2) is 0 Å². The molecule has 0 aromatic carbocycles. The molecule has 2 heterocycles. The van der Waals surface area contributed by atoms with Crippen LogP contribution in [0.4, 0.5) is 0 Å². The summed E-state index contributed by atoms with van der Waals surface area (Å²) in [6, 6.07) is 4.96. The largest absolute Gasteiger partial charge is 0.336 e. The molecule has 1 saturated heterocycles. The van der Waals surface area contributed by atoms with Crippen LogP contribution in [0.15, 0.2) is 23.1 Å². The maximum absolute atomic E-state index is 12.2. The van der Waals surface area contributed by atoms with Gasteiger partial charge in [-0.1, -0.05) is 0 Å². The molecule has 1 aromatic heterocycles. The van der Waals surface area contributed by atoms with Crippen molar-refractivity contribution in [1.82, 2.24) is 14.8 Å². The van der Waals surface area contributed by atoms with Gasteiger partial charge in [-0.3, -0.25) is 14.5 Å². The number of rotatable bonds is 2. The summed E-state index contributed by atoms with van der Waals surface area (Å²) >= 11 is 0. The van der Waals surface area contributed by atoms with E-state index in [-0.39, 0.29) is 17.5 Å². The summed E-state index contributed by atoms with van der Waals surface area (Å²) in [5, 5.41) is 8.86. The minimum absolute atomic E-state index is 0.0829. The second kappa shape index (κ2) is 5.67. The number of hydrogen-bond acceptors (Lipinski definition) is 4. The van der Waals surface area contributed by atoms with Gasteiger partial charge in [0.15, 0.2) is 0 Å². The van der Waals surface area contributed by atoms with E-state index in [2.05, 4.69) is 16.0 Å². The Hall–Kier alpha value is -2.13. The van der Waals surface area contributed by atoms with Gasteiger partial charge >= 0.3 is 0 Å². The number of carbonyl (C=O) groups is 1. The number of H-pyrrole nitrogens is 1. The van der Waals surface area contributed by atoms with E-state index in [4.69, 9.17) is 5.26 Å². The first-order valence-corrected chi connectivity index (χ1v) is 6.23. The van der Waals surface area contributed by atoms with Gasteiger partial charge in [-0.2, -0.15) is 5.26 Å². The Morgan fingerprint density at radius 3 is 2.58 bits per heavy atom. The first kappa shape index (κ1) is 13.3. The van der Waals surface area contributed by atoms with Crippen LogP contribution >= 0.6 is 0 Å². The number of aromatic nitrogens is 1. The quantitative estimate of drug-likeness (QED) is 0.814. The smallest absolute Gasteiger partial charge is 0.255 e. The van der Waals surface area contributed by atoms with Crippen molar-refractivity contribution >= 4 is 5.91 Å². The van der Waals surface area contributed by atoms with Crippen LogP contribution in [0.5, 0.6) is 0 Å². The van der Waals surface area contributed by atoms with Crippen molar-refractivity contribution in [1.29, 1.82) is 5.26 Å². The van der Waals surface area contributed by atoms with Crippen LogP contribution in [0.25, 0.3) is 0 Å². The third kappa shape index (κ3) is 3.01. The molecular weight excluding hydrogens is 244 g/mol. The SMILES string of the molecule is CC(C#N)N1CCN(C(=O)c2ccc(=O)[nH]c2)CC1. The first-order valence-electron chi connectivity index (χ1n) is 6.23. The molecule has 0 saturated carbocycles. The summed E-state index contributed by atoms with van der Waals surface area (Å²) in [6.45, 7) is 4.46. The second-order valence-corrected chi connectivity index (χ2v) is 4.57. The Balaban J connectivity index is 1.98. The lowest BCUT2D eigenvalue weighted by atomic mass is 10.2. The molecule has 0 aliphatic carbocycles. The van der Waals surface area contributed by atoms with E-state index in [0.717, 1.165) is 0 Å². The number of carbonyl (C=O) groups excluding carboxylic acids is 1. The Kier molecular flexibility index (Phi) is 3.97. The lowest BCUT2D eigenvalue weighted by Gasteiger charge is -2.35. The average Bonchev–Trinajstić information content (AvgIpc) is 2.46. The van der Waals surface area contributed by atoms with Crippen molar-refractivity contribution in [2.45, 2.75) is 13.0 Å². The van der Waals surface area contributed by atoms with Crippen molar-refractivity contribution in [3.05, 3.63) is 34.2 Å². The zero-order valence-electron chi connectivity index (χ0n) is 10.8. The molecule has 0 radical (unpaired) electrons. The summed E-state index contributed by atoms with van der Waals surface area (Å²) in [6.07, 6.45) is 1.44. The molecule has 100 valence electrons. The molecule has 1 amide bonds. The maximum atomic E-state index is 12.2. The van der Waals surface area contributed by atoms with Crippen LogP contribution in [-0.2, 0) is 0 Å². The van der Waals surface area contributed by atoms with E-state index in [9.17, 15) is 9.59 Å². The number of pyridine rings is 1. The number of nitrogens with one attached hydrogen (secondary N) is 1. The van der Waals surface area contributed by atoms with E-state index in [0.29, 0.717) is 31.7 Å². The van der Waals surface area contributed by atoms with Gasteiger partial charge in [0.1, 0.15) is 0 Å². The monoisotopic (exact) mass is 260 g/mol. The minimum Gasteiger partial charge on any atom is -0.336 e. The highest BCUT2D eigenvalue weighted by Crippen LogP contribution is 2.09. The van der Waals surface area contributed by atoms with Crippen LogP contribution in [0, 0.1) is 11.3 Å². The molecule has 19 heavy (non-hydrogen) atoms. The normalized spacial score (nSPS) is 17.8. The molecule has 6 nitrogen and oxygen atoms in total. The number of piperazine rings is 1. The molecular formula is C13H16N4O2. The fourth-order valence-electron chi connectivity index (χ4n) is 2.12. The topological polar surface area (TPSA) is 80.2 Å². The van der Waals surface area contributed by atoms with E-state index in [1.165, 1.54) is 18.3 Å². The summed E-state index contributed by atoms with van der Waals surface area (Å²) < 4.78 is 0. The van der Waals surface area contributed by atoms with E-state index in [1.807, 2.05) is 6.92 Å². The highest BCUT2D eigenvalue weighted by atomic mass is 16.2. The first-order chi connectivity index (χ1) is 9.11. The summed E-state index contributed by atoms with van der Waals surface area (Å²) in [5.41, 5.74) is 0.269. The number of amides is 1. The lowest BCUT2D eigenvalue weighted by molar-refractivity contribution is 0.0615. The fraction of sp³-hybridized carbons (Fsp3) is 0.462. The molecule has 1 N–H and O–H groups in total. The van der Waals surface area contributed by atoms with Gasteiger partial charge in [0.05, 0.1) is 17.7 Å². The fourth-order valence-corrected chi connectivity index (χ4v) is 2.12. The molecule has 2 rings (SSSR count). The van der Waals surface area contributed by atoms with Gasteiger partial charge in [0, 0.05) is 38.4 Å². The molecule has 0 spiro atoms. The molecule has 1 fully saturated rings. The van der Waals surface area contributed by atoms with Gasteiger partial charge in [-0.05, 0) is 13.0 Å². The third-order valence-electron chi connectivity index (χ3n) is 3.37. The molecule has 1 atom stereocenters. The second-order valence-electron chi connectivity index (χ2n) is 4.57. The number of nitriles is 1. The summed E-state index contributed by atoms with van der Waals surface area (Å²) in [7, 11) is 0. The van der Waals surface area contributed by atoms with Crippen LogP contribution < -0.4 is 5.56 Å². The van der Waals surface area contributed by atoms with E-state index < -0.39 is 0 Å². The van der Waals surface area contributed by atoms with Crippen molar-refractivity contribution in [2.75, 3.05) is 26.2 Å². The zero-order valence-corrected chi connectivity index (χ0v) is 10.8. The Labute approximate surface area is 111 Å². The molecule has 1 aliphatic rings. The van der Waals surface area contributed by atoms with Gasteiger partial charge in [-0.15, -0.1) is 0 Å². The minimum atomic E-state index is -0.218. The standard InChI is InChI=1S/C13H16N4O2/c1-10(8-14)16-4-6-17(7-5-16)13(19)11-2-3-12(18)15-9-11/h2-3,9-10H,4-7H2,1H3,(H,15,18). The van der Waals surface area contributed by atoms with Crippen LogP contribution in [0.2, 0.25) is 0 Å². The average molecular weight is 260 g/mol. The Morgan fingerprint density at radius 2 is 2.05 bits per heavy atom. The van der Waals surface area contributed by atoms with Gasteiger partial charge < -0.3 is 9.88 Å². The summed E-state index contributed by atoms with van der Waals surface area (Å²) in [4.78, 5) is 29.4. The summed E-state index contributed by atoms with van der Waals surface area (Å²) in [5.74, 6) is -0.0829. The maximum Gasteiger partial charge on any atom is 0.255 e. The van der Waals surface area contributed by atoms with Crippen LogP contribution in [0.1, 0.15) is 17.3 Å². The van der Waals surface area contributed by atoms with Crippen molar-refractivity contribution in [2.24, 2.45) is 0 Å². The van der Waals surface area contributed by atoms with Crippen molar-refractivity contribution < 1.29 is 4.79 Å². The molecule has 1 aromatic rings. The van der Waals surface area contributed by atoms with Crippen LogP contribution in [0.3, 0.4) is 0 Å². The molecule has 6 heteroatoms. The molecule has 1 unspecified atom stereocenters. The highest BCUT2D eigenvalue weighted by Gasteiger charge is 2.24. The zero-order chi connectivity index (χ0) is 13.8. The number of hydrogen-bond donors (Lipinski definition) is 1. The van der Waals surface area contributed by atoms with Gasteiger partial charge in [0.25, 0.3) is 5.91 Å². The van der Waals surface area contributed by atoms with Crippen molar-refractivity contribution in [3.8, 4) is 6.07 Å². The lowest BCUT2D eigenvalue weighted by Crippen LogP contribution is -2.51. The molecule has 0 bridgehead atoms. The number of nitrogens with zero attached hydrogens (tertiary/aromatic N) is 3. The highest BCUT2D eigenvalue weighted by molar-refractivity contribution is 5.93. The predicted octanol–water partition coefficient (Wildman–Crippen LogP) is 0.0448. The van der Waals surface area contributed by atoms with Crippen molar-refractivity contribution in [3.63, 3.8) is 0 Å². The van der Waals surface area contributed by atoms with Crippen LogP contribution in [-0.4, -0.2) is 52.9 Å². The predicted molar refractivity (Wildman–Crippen MR) is 69.6 cm³/mol. The molecule has 1 aliphatic heterocycles. The Bertz CT molecular complexity index is 532. The number of aromatic amines is 1. The Morgan fingerprint density at radius 1 is 1.37 bits per heavy atom. The van der Waals surface area contributed by atoms with E-state index >= 15 is 0 Å². The van der Waals surface area contributed by atoms with E-state index in [1.54, 1.807) is 4.90 Å².